The lowest BCUT2D eigenvalue weighted by Gasteiger charge is -2.32. The van der Waals surface area contributed by atoms with Crippen LogP contribution in [0.2, 0.25) is 0 Å². The largest absolute Gasteiger partial charge is 0.466 e. The molecular formula is C22H19N3O6. The van der Waals surface area contributed by atoms with Gasteiger partial charge in [-0.2, -0.15) is 0 Å². The average Bonchev–Trinajstić information content (AvgIpc) is 3.26. The monoisotopic (exact) mass is 421 g/mol. The summed E-state index contributed by atoms with van der Waals surface area (Å²) in [5, 5.41) is 0. The van der Waals surface area contributed by atoms with Crippen molar-refractivity contribution in [3.05, 3.63) is 71.7 Å². The molecule has 158 valence electrons. The first kappa shape index (κ1) is 20.3. The van der Waals surface area contributed by atoms with Crippen LogP contribution in [0, 0.1) is 0 Å². The molecule has 2 heterocycles. The molecule has 1 aliphatic heterocycles. The van der Waals surface area contributed by atoms with Gasteiger partial charge in [-0.15, -0.1) is 0 Å². The van der Waals surface area contributed by atoms with Crippen LogP contribution in [0.15, 0.2) is 66.1 Å². The Labute approximate surface area is 177 Å². The van der Waals surface area contributed by atoms with Crippen LogP contribution in [0.3, 0.4) is 0 Å². The Balaban J connectivity index is 1.85. The van der Waals surface area contributed by atoms with Crippen molar-refractivity contribution >= 4 is 34.6 Å². The summed E-state index contributed by atoms with van der Waals surface area (Å²) in [6, 6.07) is 14.0. The number of hydrogen-bond acceptors (Lipinski definition) is 8. The number of anilines is 1. The van der Waals surface area contributed by atoms with Crippen LogP contribution >= 0.6 is 0 Å². The van der Waals surface area contributed by atoms with Crippen molar-refractivity contribution in [3.63, 3.8) is 0 Å². The fourth-order valence-electron chi connectivity index (χ4n) is 3.47. The molecule has 9 nitrogen and oxygen atoms in total. The molecule has 3 aromatic rings. The molecule has 0 saturated carbocycles. The van der Waals surface area contributed by atoms with E-state index in [0.29, 0.717) is 22.3 Å². The summed E-state index contributed by atoms with van der Waals surface area (Å²) in [5.74, 6) is -1.80. The van der Waals surface area contributed by atoms with Gasteiger partial charge in [0.15, 0.2) is 0 Å². The molecule has 9 heteroatoms. The van der Waals surface area contributed by atoms with Crippen LogP contribution < -0.4 is 4.90 Å². The Hall–Kier alpha value is -3.98. The van der Waals surface area contributed by atoms with E-state index in [-0.39, 0.29) is 30.5 Å². The highest BCUT2D eigenvalue weighted by molar-refractivity contribution is 6.08. The molecule has 0 atom stereocenters. The lowest BCUT2D eigenvalue weighted by atomic mass is 10.1. The summed E-state index contributed by atoms with van der Waals surface area (Å²) in [6.07, 6.45) is 1.45. The quantitative estimate of drug-likeness (QED) is 0.591. The van der Waals surface area contributed by atoms with E-state index in [1.807, 2.05) is 18.2 Å². The van der Waals surface area contributed by atoms with Gasteiger partial charge in [-0.25, -0.2) is 14.6 Å². The third-order valence-electron chi connectivity index (χ3n) is 4.93. The first-order valence-corrected chi connectivity index (χ1v) is 9.37. The van der Waals surface area contributed by atoms with E-state index < -0.39 is 11.9 Å². The van der Waals surface area contributed by atoms with Crippen molar-refractivity contribution < 1.29 is 28.6 Å². The minimum absolute atomic E-state index is 0.0101. The Bertz CT molecular complexity index is 1210. The zero-order chi connectivity index (χ0) is 22.0. The maximum Gasteiger partial charge on any atom is 0.355 e. The van der Waals surface area contributed by atoms with Gasteiger partial charge in [0.2, 0.25) is 0 Å². The summed E-state index contributed by atoms with van der Waals surface area (Å²) in [4.78, 5) is 44.0. The number of rotatable bonds is 4. The van der Waals surface area contributed by atoms with E-state index >= 15 is 0 Å². The summed E-state index contributed by atoms with van der Waals surface area (Å²) < 4.78 is 16.6. The maximum absolute atomic E-state index is 13.4. The molecule has 1 aliphatic rings. The number of hydrogen-bond donors (Lipinski definition) is 0. The van der Waals surface area contributed by atoms with Gasteiger partial charge in [-0.05, 0) is 24.3 Å². The zero-order valence-electron chi connectivity index (χ0n) is 16.9. The second-order valence-electron chi connectivity index (χ2n) is 6.64. The van der Waals surface area contributed by atoms with Gasteiger partial charge in [0.1, 0.15) is 18.8 Å². The van der Waals surface area contributed by atoms with E-state index in [4.69, 9.17) is 14.2 Å². The van der Waals surface area contributed by atoms with E-state index in [1.165, 1.54) is 30.0 Å². The van der Waals surface area contributed by atoms with Crippen molar-refractivity contribution in [1.82, 2.24) is 9.55 Å². The lowest BCUT2D eigenvalue weighted by molar-refractivity contribution is -0.140. The van der Waals surface area contributed by atoms with Crippen LogP contribution in [0.4, 0.5) is 5.69 Å². The molecule has 1 aromatic heterocycles. The fraction of sp³-hybridized carbons (Fsp3) is 0.182. The number of methoxy groups -OCH3 is 2. The summed E-state index contributed by atoms with van der Waals surface area (Å²) in [6.45, 7) is -0.171. The molecule has 0 N–H and O–H groups in total. The van der Waals surface area contributed by atoms with Crippen molar-refractivity contribution in [1.29, 1.82) is 0 Å². The Morgan fingerprint density at radius 2 is 1.68 bits per heavy atom. The second kappa shape index (κ2) is 8.41. The van der Waals surface area contributed by atoms with Crippen molar-refractivity contribution in [2.75, 3.05) is 32.5 Å². The first-order valence-electron chi connectivity index (χ1n) is 9.37. The predicted molar refractivity (Wildman–Crippen MR) is 110 cm³/mol. The third-order valence-corrected chi connectivity index (χ3v) is 4.93. The number of fused-ring (bicyclic) bond motifs is 1. The highest BCUT2D eigenvalue weighted by atomic mass is 16.5. The molecule has 0 aliphatic carbocycles. The second-order valence-corrected chi connectivity index (χ2v) is 6.64. The average molecular weight is 421 g/mol. The van der Waals surface area contributed by atoms with Crippen LogP contribution in [-0.2, 0) is 23.8 Å². The molecule has 0 radical (unpaired) electrons. The van der Waals surface area contributed by atoms with Crippen molar-refractivity contribution in [2.24, 2.45) is 0 Å². The number of carbonyl (C=O) groups is 3. The number of esters is 2. The van der Waals surface area contributed by atoms with E-state index in [9.17, 15) is 14.4 Å². The fourth-order valence-corrected chi connectivity index (χ4v) is 3.47. The Morgan fingerprint density at radius 1 is 0.968 bits per heavy atom. The van der Waals surface area contributed by atoms with Crippen LogP contribution in [0.5, 0.6) is 0 Å². The molecule has 0 spiro atoms. The van der Waals surface area contributed by atoms with Gasteiger partial charge in [0.25, 0.3) is 5.91 Å². The number of nitrogens with zero attached hydrogens (tertiary/aromatic N) is 3. The van der Waals surface area contributed by atoms with Crippen LogP contribution in [0.1, 0.15) is 10.4 Å². The third kappa shape index (κ3) is 3.55. The van der Waals surface area contributed by atoms with Gasteiger partial charge in [0.05, 0.1) is 48.7 Å². The van der Waals surface area contributed by atoms with Gasteiger partial charge >= 0.3 is 11.9 Å². The summed E-state index contributed by atoms with van der Waals surface area (Å²) in [5.41, 5.74) is 1.98. The van der Waals surface area contributed by atoms with Gasteiger partial charge < -0.3 is 19.1 Å². The number of benzene rings is 2. The minimum Gasteiger partial charge on any atom is -0.466 e. The summed E-state index contributed by atoms with van der Waals surface area (Å²) in [7, 11) is 2.43. The summed E-state index contributed by atoms with van der Waals surface area (Å²) >= 11 is 0. The molecule has 0 bridgehead atoms. The Kier molecular flexibility index (Phi) is 5.50. The normalized spacial score (nSPS) is 13.9. The number of carbonyl (C=O) groups excluding carboxylic acids is 3. The van der Waals surface area contributed by atoms with Gasteiger partial charge in [-0.3, -0.25) is 9.36 Å². The smallest absolute Gasteiger partial charge is 0.355 e. The molecule has 0 fully saturated rings. The van der Waals surface area contributed by atoms with E-state index in [2.05, 4.69) is 4.98 Å². The first-order chi connectivity index (χ1) is 15.1. The minimum atomic E-state index is -0.737. The van der Waals surface area contributed by atoms with Crippen LogP contribution in [0.25, 0.3) is 11.0 Å². The van der Waals surface area contributed by atoms with E-state index in [0.717, 1.165) is 0 Å². The molecule has 0 amide bonds. The highest BCUT2D eigenvalue weighted by Crippen LogP contribution is 2.30. The topological polar surface area (TPSA) is 100.0 Å². The molecule has 4 rings (SSSR count). The number of aromatic nitrogens is 2. The zero-order valence-corrected chi connectivity index (χ0v) is 16.9. The molecule has 0 unspecified atom stereocenters. The SMILES string of the molecule is COC(=O)C1=C(C(=O)OC)N(c2ccccc2C(=O)n2cnc3ccccc32)COC1. The standard InChI is InChI=1S/C22H19N3O6/c1-29-21(27)15-11-31-13-25(19(15)22(28)30-2)17-9-5-3-7-14(17)20(26)24-12-23-16-8-4-6-10-18(16)24/h3-10,12H,11,13H2,1-2H3. The number of ether oxygens (including phenoxy) is 3. The lowest BCUT2D eigenvalue weighted by Crippen LogP contribution is -2.39. The molecule has 0 saturated heterocycles. The van der Waals surface area contributed by atoms with Crippen molar-refractivity contribution in [3.8, 4) is 0 Å². The molecule has 31 heavy (non-hydrogen) atoms. The van der Waals surface area contributed by atoms with Gasteiger partial charge in [-0.1, -0.05) is 24.3 Å². The van der Waals surface area contributed by atoms with Crippen LogP contribution in [-0.4, -0.2) is 55.0 Å². The molecular weight excluding hydrogens is 402 g/mol. The Morgan fingerprint density at radius 3 is 2.45 bits per heavy atom. The molecule has 2 aromatic carbocycles. The van der Waals surface area contributed by atoms with E-state index in [1.54, 1.807) is 30.3 Å². The van der Waals surface area contributed by atoms with Crippen molar-refractivity contribution in [2.45, 2.75) is 0 Å². The number of imidazole rings is 1. The predicted octanol–water partition coefficient (Wildman–Crippen LogP) is 2.12. The number of para-hydroxylation sites is 3. The highest BCUT2D eigenvalue weighted by Gasteiger charge is 2.34. The maximum atomic E-state index is 13.4. The van der Waals surface area contributed by atoms with Gasteiger partial charge in [0, 0.05) is 0 Å².